The third-order valence-corrected chi connectivity index (χ3v) is 4.04. The second kappa shape index (κ2) is 7.05. The van der Waals surface area contributed by atoms with Gasteiger partial charge in [0, 0.05) is 12.1 Å². The van der Waals surface area contributed by atoms with Crippen molar-refractivity contribution in [2.75, 3.05) is 13.7 Å². The molecule has 1 fully saturated rings. The number of halogens is 2. The van der Waals surface area contributed by atoms with Gasteiger partial charge in [-0.05, 0) is 49.4 Å². The molecule has 4 nitrogen and oxygen atoms in total. The highest BCUT2D eigenvalue weighted by molar-refractivity contribution is 5.84. The van der Waals surface area contributed by atoms with E-state index >= 15 is 0 Å². The van der Waals surface area contributed by atoms with Crippen LogP contribution in [0.25, 0.3) is 0 Å². The summed E-state index contributed by atoms with van der Waals surface area (Å²) in [5, 5.41) is 11.9. The van der Waals surface area contributed by atoms with Gasteiger partial charge in [-0.25, -0.2) is 0 Å². The highest BCUT2D eigenvalue weighted by Gasteiger charge is 2.41. The van der Waals surface area contributed by atoms with Crippen LogP contribution in [0.3, 0.4) is 0 Å². The minimum Gasteiger partial charge on any atom is -0.497 e. The van der Waals surface area contributed by atoms with Crippen LogP contribution in [-0.2, 0) is 10.7 Å². The molecule has 0 aromatic heterocycles. The van der Waals surface area contributed by atoms with Crippen LogP contribution in [0.5, 0.6) is 5.75 Å². The quantitative estimate of drug-likeness (QED) is 0.878. The molecule has 1 aromatic rings. The van der Waals surface area contributed by atoms with Gasteiger partial charge in [0.2, 0.25) is 0 Å². The molecule has 0 aliphatic heterocycles. The normalized spacial score (nSPS) is 22.2. The van der Waals surface area contributed by atoms with Crippen molar-refractivity contribution in [2.45, 2.75) is 37.7 Å². The van der Waals surface area contributed by atoms with E-state index in [0.29, 0.717) is 12.2 Å². The largest absolute Gasteiger partial charge is 0.497 e. The molecular formula is C16H21F2NO3. The molecule has 1 aromatic carbocycles. The van der Waals surface area contributed by atoms with E-state index in [1.165, 1.54) is 31.4 Å². The second-order valence-corrected chi connectivity index (χ2v) is 5.70. The maximum absolute atomic E-state index is 14.1. The number of nitrogens with one attached hydrogen (secondary N) is 1. The number of aliphatic hydroxyl groups is 1. The van der Waals surface area contributed by atoms with E-state index in [1.807, 2.05) is 0 Å². The summed E-state index contributed by atoms with van der Waals surface area (Å²) in [6, 6.07) is 5.16. The highest BCUT2D eigenvalue weighted by Crippen LogP contribution is 2.30. The summed E-state index contributed by atoms with van der Waals surface area (Å²) >= 11 is 0. The number of aliphatic hydroxyl groups excluding tert-OH is 1. The summed E-state index contributed by atoms with van der Waals surface area (Å²) in [6.07, 6.45) is 2.60. The average Bonchev–Trinajstić information content (AvgIpc) is 2.52. The lowest BCUT2D eigenvalue weighted by molar-refractivity contribution is -0.147. The van der Waals surface area contributed by atoms with E-state index in [4.69, 9.17) is 4.74 Å². The minimum absolute atomic E-state index is 0.0550. The van der Waals surface area contributed by atoms with Crippen molar-refractivity contribution >= 4 is 5.91 Å². The van der Waals surface area contributed by atoms with Gasteiger partial charge in [-0.15, -0.1) is 0 Å². The van der Waals surface area contributed by atoms with Crippen LogP contribution in [0.1, 0.15) is 31.2 Å². The van der Waals surface area contributed by atoms with Gasteiger partial charge >= 0.3 is 5.92 Å². The predicted octanol–water partition coefficient (Wildman–Crippen LogP) is 2.45. The van der Waals surface area contributed by atoms with Crippen molar-refractivity contribution in [2.24, 2.45) is 5.92 Å². The minimum atomic E-state index is -3.58. The molecule has 122 valence electrons. The Morgan fingerprint density at radius 3 is 2.64 bits per heavy atom. The Hall–Kier alpha value is -1.69. The molecule has 0 spiro atoms. The highest BCUT2D eigenvalue weighted by atomic mass is 19.3. The van der Waals surface area contributed by atoms with Crippen LogP contribution < -0.4 is 10.1 Å². The van der Waals surface area contributed by atoms with Crippen LogP contribution in [-0.4, -0.2) is 30.8 Å². The average molecular weight is 313 g/mol. The number of benzene rings is 1. The van der Waals surface area contributed by atoms with Gasteiger partial charge in [-0.1, -0.05) is 6.42 Å². The second-order valence-electron chi connectivity index (χ2n) is 5.70. The zero-order valence-corrected chi connectivity index (χ0v) is 12.5. The molecule has 0 bridgehead atoms. The van der Waals surface area contributed by atoms with Crippen LogP contribution in [0.4, 0.5) is 8.78 Å². The van der Waals surface area contributed by atoms with Gasteiger partial charge < -0.3 is 15.2 Å². The summed E-state index contributed by atoms with van der Waals surface area (Å²) < 4.78 is 33.1. The molecule has 2 unspecified atom stereocenters. The van der Waals surface area contributed by atoms with Gasteiger partial charge in [-0.2, -0.15) is 8.78 Å². The topological polar surface area (TPSA) is 58.6 Å². The van der Waals surface area contributed by atoms with Crippen molar-refractivity contribution in [1.82, 2.24) is 5.32 Å². The van der Waals surface area contributed by atoms with E-state index in [-0.39, 0.29) is 18.0 Å². The molecule has 2 atom stereocenters. The first-order valence-electron chi connectivity index (χ1n) is 7.42. The molecule has 1 saturated carbocycles. The van der Waals surface area contributed by atoms with E-state index in [9.17, 15) is 18.7 Å². The summed E-state index contributed by atoms with van der Waals surface area (Å²) in [5.41, 5.74) is -0.366. The summed E-state index contributed by atoms with van der Waals surface area (Å²) in [5.74, 6) is -4.38. The monoisotopic (exact) mass is 313 g/mol. The van der Waals surface area contributed by atoms with Gasteiger partial charge in [-0.3, -0.25) is 4.79 Å². The smallest absolute Gasteiger partial charge is 0.349 e. The number of carbonyl (C=O) groups is 1. The van der Waals surface area contributed by atoms with Crippen molar-refractivity contribution in [3.8, 4) is 5.75 Å². The Morgan fingerprint density at radius 1 is 1.36 bits per heavy atom. The lowest BCUT2D eigenvalue weighted by Crippen LogP contribution is -2.41. The molecule has 1 amide bonds. The van der Waals surface area contributed by atoms with Gasteiger partial charge in [0.15, 0.2) is 0 Å². The lowest BCUT2D eigenvalue weighted by Gasteiger charge is -2.26. The number of methoxy groups -OCH3 is 1. The molecule has 2 N–H and O–H groups in total. The van der Waals surface area contributed by atoms with E-state index in [0.717, 1.165) is 19.3 Å². The molecular weight excluding hydrogens is 292 g/mol. The Morgan fingerprint density at radius 2 is 2.05 bits per heavy atom. The Bertz CT molecular complexity index is 505. The van der Waals surface area contributed by atoms with Gasteiger partial charge in [0.1, 0.15) is 5.75 Å². The lowest BCUT2D eigenvalue weighted by atomic mass is 9.87. The number of hydrogen-bond acceptors (Lipinski definition) is 3. The van der Waals surface area contributed by atoms with Gasteiger partial charge in [0.05, 0.1) is 13.2 Å². The Labute approximate surface area is 128 Å². The third kappa shape index (κ3) is 3.94. The van der Waals surface area contributed by atoms with Crippen LogP contribution in [0.2, 0.25) is 0 Å². The van der Waals surface area contributed by atoms with E-state index < -0.39 is 17.9 Å². The molecule has 0 heterocycles. The number of amides is 1. The van der Waals surface area contributed by atoms with Crippen molar-refractivity contribution in [3.63, 3.8) is 0 Å². The summed E-state index contributed by atoms with van der Waals surface area (Å²) in [6.45, 7) is 0.168. The first-order chi connectivity index (χ1) is 10.4. The van der Waals surface area contributed by atoms with Crippen LogP contribution in [0.15, 0.2) is 24.3 Å². The SMILES string of the molecule is COc1ccc(C(F)(F)C(=O)NCC2CCCC(O)C2)cc1. The number of rotatable bonds is 5. The molecule has 1 aliphatic rings. The zero-order valence-electron chi connectivity index (χ0n) is 12.5. The fraction of sp³-hybridized carbons (Fsp3) is 0.562. The maximum atomic E-state index is 14.1. The van der Waals surface area contributed by atoms with Crippen LogP contribution in [0, 0.1) is 5.92 Å². The first kappa shape index (κ1) is 16.7. The molecule has 0 radical (unpaired) electrons. The Kier molecular flexibility index (Phi) is 5.34. The standard InChI is InChI=1S/C16H21F2NO3/c1-22-14-7-5-12(6-8-14)16(17,18)15(21)19-10-11-3-2-4-13(20)9-11/h5-8,11,13,20H,2-4,9-10H2,1H3,(H,19,21). The molecule has 22 heavy (non-hydrogen) atoms. The van der Waals surface area contributed by atoms with Gasteiger partial charge in [0.25, 0.3) is 5.91 Å². The number of alkyl halides is 2. The van der Waals surface area contributed by atoms with Crippen molar-refractivity contribution in [3.05, 3.63) is 29.8 Å². The third-order valence-electron chi connectivity index (χ3n) is 4.04. The zero-order chi connectivity index (χ0) is 16.2. The molecule has 1 aliphatic carbocycles. The fourth-order valence-electron chi connectivity index (χ4n) is 2.73. The summed E-state index contributed by atoms with van der Waals surface area (Å²) in [4.78, 5) is 11.8. The van der Waals surface area contributed by atoms with E-state index in [2.05, 4.69) is 5.32 Å². The number of carbonyl (C=O) groups excluding carboxylic acids is 1. The van der Waals surface area contributed by atoms with Crippen molar-refractivity contribution < 1.29 is 23.4 Å². The predicted molar refractivity (Wildman–Crippen MR) is 77.9 cm³/mol. The number of ether oxygens (including phenoxy) is 1. The summed E-state index contributed by atoms with van der Waals surface area (Å²) in [7, 11) is 1.44. The van der Waals surface area contributed by atoms with E-state index in [1.54, 1.807) is 0 Å². The first-order valence-corrected chi connectivity index (χ1v) is 7.42. The maximum Gasteiger partial charge on any atom is 0.349 e. The molecule has 6 heteroatoms. The Balaban J connectivity index is 1.94. The fourth-order valence-corrected chi connectivity index (χ4v) is 2.73. The van der Waals surface area contributed by atoms with Crippen molar-refractivity contribution in [1.29, 1.82) is 0 Å². The molecule has 2 rings (SSSR count). The number of hydrogen-bond donors (Lipinski definition) is 2. The van der Waals surface area contributed by atoms with Crippen LogP contribution >= 0.6 is 0 Å². The molecule has 0 saturated heterocycles.